The van der Waals surface area contributed by atoms with Crippen molar-refractivity contribution in [3.63, 3.8) is 0 Å². The molecule has 116 valence electrons. The average Bonchev–Trinajstić information content (AvgIpc) is 2.22. The van der Waals surface area contributed by atoms with Gasteiger partial charge in [-0.15, -0.1) is 0 Å². The molecule has 8 nitrogen and oxygen atoms in total. The molecule has 1 rings (SSSR count). The van der Waals surface area contributed by atoms with E-state index in [9.17, 15) is 9.59 Å². The Labute approximate surface area is 119 Å². The number of nitrogens with two attached hydrogens (primary N) is 2. The van der Waals surface area contributed by atoms with Gasteiger partial charge in [-0.05, 0) is 30.1 Å². The van der Waals surface area contributed by atoms with E-state index < -0.39 is 12.1 Å². The number of amides is 4. The number of primary amides is 2. The third-order valence-corrected chi connectivity index (χ3v) is 3.57. The highest BCUT2D eigenvalue weighted by atomic mass is 16.2. The zero-order valence-corrected chi connectivity index (χ0v) is 12.4. The lowest BCUT2D eigenvalue weighted by molar-refractivity contribution is 0.0647. The number of urea groups is 2. The summed E-state index contributed by atoms with van der Waals surface area (Å²) in [7, 11) is 0. The first-order valence-electron chi connectivity index (χ1n) is 6.71. The summed E-state index contributed by atoms with van der Waals surface area (Å²) in [6.07, 6.45) is 2.79. The Hall–Kier alpha value is -1.54. The topological polar surface area (TPSA) is 134 Å². The fourth-order valence-corrected chi connectivity index (χ4v) is 3.39. The van der Waals surface area contributed by atoms with Gasteiger partial charge in [-0.25, -0.2) is 20.4 Å². The lowest BCUT2D eigenvalue weighted by Crippen LogP contribution is -2.55. The SMILES string of the molecule is CC1(C)CC(NNC(N)=O)CC(C)(CNNC(N)=O)C1. The van der Waals surface area contributed by atoms with Crippen LogP contribution in [0.15, 0.2) is 0 Å². The van der Waals surface area contributed by atoms with Crippen LogP contribution in [0.3, 0.4) is 0 Å². The van der Waals surface area contributed by atoms with Gasteiger partial charge in [0.05, 0.1) is 0 Å². The molecule has 0 radical (unpaired) electrons. The van der Waals surface area contributed by atoms with Crippen LogP contribution in [0.5, 0.6) is 0 Å². The molecule has 8 N–H and O–H groups in total. The second-order valence-corrected chi connectivity index (χ2v) is 6.73. The summed E-state index contributed by atoms with van der Waals surface area (Å²) in [5, 5.41) is 0. The van der Waals surface area contributed by atoms with E-state index in [1.807, 2.05) is 0 Å². The Morgan fingerprint density at radius 2 is 1.70 bits per heavy atom. The van der Waals surface area contributed by atoms with Crippen LogP contribution in [0.4, 0.5) is 9.59 Å². The van der Waals surface area contributed by atoms with Gasteiger partial charge < -0.3 is 11.5 Å². The largest absolute Gasteiger partial charge is 0.351 e. The van der Waals surface area contributed by atoms with Crippen LogP contribution in [-0.2, 0) is 0 Å². The van der Waals surface area contributed by atoms with Gasteiger partial charge in [0, 0.05) is 12.6 Å². The molecule has 20 heavy (non-hydrogen) atoms. The van der Waals surface area contributed by atoms with E-state index in [-0.39, 0.29) is 16.9 Å². The van der Waals surface area contributed by atoms with Crippen molar-refractivity contribution < 1.29 is 9.59 Å². The molecular formula is C12H26N6O2. The van der Waals surface area contributed by atoms with Crippen LogP contribution in [0.1, 0.15) is 40.0 Å². The summed E-state index contributed by atoms with van der Waals surface area (Å²) in [6.45, 7) is 7.12. The number of rotatable bonds is 5. The zero-order chi connectivity index (χ0) is 15.4. The summed E-state index contributed by atoms with van der Waals surface area (Å²) < 4.78 is 0. The van der Waals surface area contributed by atoms with Gasteiger partial charge in [0.2, 0.25) is 0 Å². The van der Waals surface area contributed by atoms with Crippen LogP contribution in [-0.4, -0.2) is 24.6 Å². The van der Waals surface area contributed by atoms with Crippen molar-refractivity contribution in [1.82, 2.24) is 21.7 Å². The summed E-state index contributed by atoms with van der Waals surface area (Å²) in [6, 6.07) is -1.07. The molecule has 1 aliphatic carbocycles. The monoisotopic (exact) mass is 286 g/mol. The maximum atomic E-state index is 10.8. The highest BCUT2D eigenvalue weighted by molar-refractivity contribution is 5.71. The number of hydrogen-bond donors (Lipinski definition) is 6. The fourth-order valence-electron chi connectivity index (χ4n) is 3.39. The minimum atomic E-state index is -0.603. The molecule has 0 spiro atoms. The molecule has 0 aromatic heterocycles. The molecular weight excluding hydrogens is 260 g/mol. The zero-order valence-electron chi connectivity index (χ0n) is 12.4. The molecule has 1 aliphatic rings. The molecule has 0 saturated heterocycles. The minimum Gasteiger partial charge on any atom is -0.351 e. The maximum absolute atomic E-state index is 10.8. The highest BCUT2D eigenvalue weighted by Gasteiger charge is 2.41. The quantitative estimate of drug-likeness (QED) is 0.394. The number of nitrogens with one attached hydrogen (secondary N) is 4. The number of carbonyl (C=O) groups is 2. The highest BCUT2D eigenvalue weighted by Crippen LogP contribution is 2.45. The number of hydrazine groups is 2. The van der Waals surface area contributed by atoms with Crippen LogP contribution in [0.25, 0.3) is 0 Å². The van der Waals surface area contributed by atoms with Crippen molar-refractivity contribution in [3.05, 3.63) is 0 Å². The number of carbonyl (C=O) groups excluding carboxylic acids is 2. The molecule has 4 amide bonds. The lowest BCUT2D eigenvalue weighted by atomic mass is 9.63. The molecule has 1 saturated carbocycles. The summed E-state index contributed by atoms with van der Waals surface area (Å²) in [5.74, 6) is 0. The van der Waals surface area contributed by atoms with Gasteiger partial charge in [0.1, 0.15) is 0 Å². The molecule has 2 atom stereocenters. The van der Waals surface area contributed by atoms with Crippen molar-refractivity contribution in [1.29, 1.82) is 0 Å². The van der Waals surface area contributed by atoms with Gasteiger partial charge in [0.25, 0.3) is 0 Å². The van der Waals surface area contributed by atoms with E-state index >= 15 is 0 Å². The van der Waals surface area contributed by atoms with Crippen molar-refractivity contribution in [2.24, 2.45) is 22.3 Å². The van der Waals surface area contributed by atoms with Gasteiger partial charge in [-0.2, -0.15) is 0 Å². The predicted molar refractivity (Wildman–Crippen MR) is 76.1 cm³/mol. The molecule has 2 unspecified atom stereocenters. The second-order valence-electron chi connectivity index (χ2n) is 6.73. The first kappa shape index (κ1) is 16.5. The van der Waals surface area contributed by atoms with Gasteiger partial charge in [-0.1, -0.05) is 20.8 Å². The van der Waals surface area contributed by atoms with E-state index in [0.717, 1.165) is 19.3 Å². The molecule has 8 heteroatoms. The first-order valence-corrected chi connectivity index (χ1v) is 6.71. The Morgan fingerprint density at radius 1 is 1.10 bits per heavy atom. The number of hydrogen-bond acceptors (Lipinski definition) is 4. The van der Waals surface area contributed by atoms with Crippen LogP contribution in [0, 0.1) is 10.8 Å². The van der Waals surface area contributed by atoms with Gasteiger partial charge in [0.15, 0.2) is 0 Å². The Bertz CT molecular complexity index is 373. The van der Waals surface area contributed by atoms with Gasteiger partial charge >= 0.3 is 12.1 Å². The Morgan fingerprint density at radius 3 is 2.25 bits per heavy atom. The van der Waals surface area contributed by atoms with Crippen molar-refractivity contribution in [2.45, 2.75) is 46.1 Å². The molecule has 1 fully saturated rings. The molecule has 0 heterocycles. The van der Waals surface area contributed by atoms with E-state index in [0.29, 0.717) is 6.54 Å². The molecule has 0 aromatic carbocycles. The van der Waals surface area contributed by atoms with E-state index in [2.05, 4.69) is 42.5 Å². The average molecular weight is 286 g/mol. The second kappa shape index (κ2) is 6.27. The summed E-state index contributed by atoms with van der Waals surface area (Å²) >= 11 is 0. The van der Waals surface area contributed by atoms with E-state index in [1.54, 1.807) is 0 Å². The van der Waals surface area contributed by atoms with Crippen molar-refractivity contribution >= 4 is 12.1 Å². The minimum absolute atomic E-state index is 0.0266. The molecule has 0 bridgehead atoms. The maximum Gasteiger partial charge on any atom is 0.326 e. The first-order chi connectivity index (χ1) is 9.12. The van der Waals surface area contributed by atoms with Crippen molar-refractivity contribution in [3.8, 4) is 0 Å². The van der Waals surface area contributed by atoms with Crippen LogP contribution in [0.2, 0.25) is 0 Å². The van der Waals surface area contributed by atoms with Crippen molar-refractivity contribution in [2.75, 3.05) is 6.54 Å². The predicted octanol–water partition coefficient (Wildman–Crippen LogP) is -0.0828. The molecule has 0 aliphatic heterocycles. The molecule has 0 aromatic rings. The van der Waals surface area contributed by atoms with Crippen LogP contribution < -0.4 is 33.2 Å². The van der Waals surface area contributed by atoms with E-state index in [1.165, 1.54) is 0 Å². The Kier molecular flexibility index (Phi) is 5.18. The summed E-state index contributed by atoms with van der Waals surface area (Å²) in [5.41, 5.74) is 20.8. The van der Waals surface area contributed by atoms with Gasteiger partial charge in [-0.3, -0.25) is 10.9 Å². The normalized spacial score (nSPS) is 28.6. The smallest absolute Gasteiger partial charge is 0.326 e. The standard InChI is InChI=1S/C12H26N6O2/c1-11(2)4-8(16-18-10(14)20)5-12(3,6-11)7-15-17-9(13)19/h8,15-16H,4-7H2,1-3H3,(H3,13,17,19)(H3,14,18,20). The fraction of sp³-hybridized carbons (Fsp3) is 0.833. The Balaban J connectivity index is 2.60. The van der Waals surface area contributed by atoms with E-state index in [4.69, 9.17) is 11.5 Å². The third-order valence-electron chi connectivity index (χ3n) is 3.57. The summed E-state index contributed by atoms with van der Waals surface area (Å²) in [4.78, 5) is 21.5. The van der Waals surface area contributed by atoms with Crippen LogP contribution >= 0.6 is 0 Å². The lowest BCUT2D eigenvalue weighted by Gasteiger charge is -2.46. The third kappa shape index (κ3) is 5.62.